The first kappa shape index (κ1) is 52.4. The maximum atomic E-state index is 6.64. The molecule has 0 aliphatic heterocycles. The third-order valence-electron chi connectivity index (χ3n) is 12.9. The van der Waals surface area contributed by atoms with Crippen LogP contribution in [0, 0.1) is 5.41 Å². The normalized spacial score (nSPS) is 12.6. The summed E-state index contributed by atoms with van der Waals surface area (Å²) in [4.78, 5) is 2.26. The van der Waals surface area contributed by atoms with Crippen LogP contribution in [0.1, 0.15) is 79.1 Å². The Morgan fingerprint density at radius 3 is 1.79 bits per heavy atom. The molecule has 0 fully saturated rings. The molecule has 0 saturated heterocycles. The Labute approximate surface area is 430 Å². The van der Waals surface area contributed by atoms with Crippen LogP contribution in [0.4, 0.5) is 28.4 Å². The average Bonchev–Trinajstić information content (AvgIpc) is 3.43. The van der Waals surface area contributed by atoms with Gasteiger partial charge in [0.25, 0.3) is 0 Å². The Balaban J connectivity index is 1.13. The van der Waals surface area contributed by atoms with Crippen molar-refractivity contribution < 1.29 is 18.9 Å². The molecule has 0 aliphatic rings. The quantitative estimate of drug-likeness (QED) is 0.0122. The van der Waals surface area contributed by atoms with Crippen LogP contribution in [0.3, 0.4) is 0 Å². The highest BCUT2D eigenvalue weighted by molar-refractivity contribution is 5.82. The fourth-order valence-electron chi connectivity index (χ4n) is 8.52. The lowest BCUT2D eigenvalue weighted by molar-refractivity contribution is 0.0387. The number of benzene rings is 7. The highest BCUT2D eigenvalue weighted by Crippen LogP contribution is 2.38. The minimum absolute atomic E-state index is 0.233. The number of allylic oxidation sites excluding steroid dienone is 4. The number of hydrogen-bond donors (Lipinski definition) is 0. The molecule has 0 radical (unpaired) electrons. The summed E-state index contributed by atoms with van der Waals surface area (Å²) in [5, 5.41) is 0. The second kappa shape index (κ2) is 27.8. The molecule has 0 aromatic heterocycles. The monoisotopic (exact) mass is 958 g/mol. The van der Waals surface area contributed by atoms with Crippen LogP contribution in [0.15, 0.2) is 219 Å². The molecule has 0 aliphatic carbocycles. The molecule has 7 aromatic carbocycles. The van der Waals surface area contributed by atoms with Gasteiger partial charge in [0.05, 0.1) is 25.9 Å². The smallest absolute Gasteiger partial charge is 0.214 e. The molecule has 1 atom stereocenters. The van der Waals surface area contributed by atoms with Gasteiger partial charge in [0.2, 0.25) is 11.4 Å². The third kappa shape index (κ3) is 15.5. The highest BCUT2D eigenvalue weighted by atomic mass is 16.5. The molecule has 7 rings (SSSR count). The molecular formula is C66H73N2O4+. The first-order chi connectivity index (χ1) is 35.4. The van der Waals surface area contributed by atoms with Crippen molar-refractivity contribution in [1.82, 2.24) is 4.58 Å². The Morgan fingerprint density at radius 2 is 1.17 bits per heavy atom. The van der Waals surface area contributed by atoms with Gasteiger partial charge in [0, 0.05) is 60.4 Å². The molecule has 0 spiro atoms. The van der Waals surface area contributed by atoms with Crippen LogP contribution in [-0.4, -0.2) is 32.6 Å². The summed E-state index contributed by atoms with van der Waals surface area (Å²) < 4.78 is 27.6. The summed E-state index contributed by atoms with van der Waals surface area (Å²) in [6, 6.07) is 63.1. The molecule has 7 aromatic rings. The summed E-state index contributed by atoms with van der Waals surface area (Å²) in [6.45, 7) is 15.4. The lowest BCUT2D eigenvalue weighted by Gasteiger charge is -2.28. The molecule has 0 heterocycles. The van der Waals surface area contributed by atoms with Crippen LogP contribution >= 0.6 is 0 Å². The van der Waals surface area contributed by atoms with E-state index >= 15 is 0 Å². The zero-order chi connectivity index (χ0) is 50.2. The number of anilines is 3. The van der Waals surface area contributed by atoms with E-state index in [9.17, 15) is 0 Å². The van der Waals surface area contributed by atoms with Crippen molar-refractivity contribution in [2.45, 2.75) is 79.1 Å². The number of ether oxygens (including phenoxy) is 4. The van der Waals surface area contributed by atoms with E-state index in [0.29, 0.717) is 31.3 Å². The zero-order valence-corrected chi connectivity index (χ0v) is 42.9. The zero-order valence-electron chi connectivity index (χ0n) is 42.9. The van der Waals surface area contributed by atoms with E-state index in [1.54, 1.807) is 0 Å². The van der Waals surface area contributed by atoms with Crippen molar-refractivity contribution in [2.24, 2.45) is 5.41 Å². The van der Waals surface area contributed by atoms with E-state index in [1.165, 1.54) is 30.4 Å². The summed E-state index contributed by atoms with van der Waals surface area (Å²) in [5.41, 5.74) is 9.87. The van der Waals surface area contributed by atoms with E-state index in [1.807, 2.05) is 73.7 Å². The molecular weight excluding hydrogens is 885 g/mol. The van der Waals surface area contributed by atoms with Gasteiger partial charge in [-0.15, -0.1) is 6.58 Å². The summed E-state index contributed by atoms with van der Waals surface area (Å²) in [7, 11) is 0. The lowest BCUT2D eigenvalue weighted by Crippen LogP contribution is -2.23. The van der Waals surface area contributed by atoms with Crippen molar-refractivity contribution in [1.29, 1.82) is 0 Å². The summed E-state index contributed by atoms with van der Waals surface area (Å²) >= 11 is 0. The molecule has 370 valence electrons. The van der Waals surface area contributed by atoms with Gasteiger partial charge < -0.3 is 23.8 Å². The molecule has 6 nitrogen and oxygen atoms in total. The number of nitrogens with zero attached hydrogens (tertiary/aromatic N) is 2. The summed E-state index contributed by atoms with van der Waals surface area (Å²) in [5.74, 6) is 3.04. The Kier molecular flexibility index (Phi) is 20.3. The van der Waals surface area contributed by atoms with Crippen LogP contribution < -0.4 is 23.7 Å². The van der Waals surface area contributed by atoms with Gasteiger partial charge in [0.15, 0.2) is 6.21 Å². The fraction of sp³-hybridized carbons (Fsp3) is 0.258. The van der Waals surface area contributed by atoms with Crippen molar-refractivity contribution in [3.63, 3.8) is 0 Å². The van der Waals surface area contributed by atoms with Crippen LogP contribution in [-0.2, 0) is 4.74 Å². The first-order valence-corrected chi connectivity index (χ1v) is 25.9. The van der Waals surface area contributed by atoms with Gasteiger partial charge >= 0.3 is 0 Å². The van der Waals surface area contributed by atoms with Crippen molar-refractivity contribution in [2.75, 3.05) is 31.3 Å². The van der Waals surface area contributed by atoms with E-state index in [-0.39, 0.29) is 5.41 Å². The topological polar surface area (TPSA) is 43.2 Å². The van der Waals surface area contributed by atoms with E-state index < -0.39 is 0 Å². The Morgan fingerprint density at radius 1 is 0.569 bits per heavy atom. The van der Waals surface area contributed by atoms with Crippen molar-refractivity contribution in [3.8, 4) is 39.5 Å². The van der Waals surface area contributed by atoms with E-state index in [0.717, 1.165) is 89.8 Å². The third-order valence-corrected chi connectivity index (χ3v) is 12.9. The lowest BCUT2D eigenvalue weighted by atomic mass is 9.83. The van der Waals surface area contributed by atoms with Crippen molar-refractivity contribution in [3.05, 3.63) is 219 Å². The van der Waals surface area contributed by atoms with Crippen molar-refractivity contribution >= 4 is 34.7 Å². The summed E-state index contributed by atoms with van der Waals surface area (Å²) in [6.07, 6.45) is 18.6. The molecule has 0 N–H and O–H groups in total. The Hall–Kier alpha value is -7.41. The molecule has 72 heavy (non-hydrogen) atoms. The predicted octanol–water partition coefficient (Wildman–Crippen LogP) is 18.1. The van der Waals surface area contributed by atoms with Gasteiger partial charge in [-0.3, -0.25) is 0 Å². The highest BCUT2D eigenvalue weighted by Gasteiger charge is 2.22. The SMILES string of the molecule is C=CCCCCOc1cccc([N+](=C/C=C(\C=C/C)Oc2ccc(N(c3ccc(-c4ccccc4)cc3)c3cccc(OCCCOCC(C)(CC)CCCC)c3)cc2)c2ccc(-c3ccccc3)cc2)c1. The number of hydrogen-bond acceptors (Lipinski definition) is 5. The first-order valence-electron chi connectivity index (χ1n) is 25.9. The van der Waals surface area contributed by atoms with Gasteiger partial charge in [0.1, 0.15) is 23.0 Å². The van der Waals surface area contributed by atoms with E-state index in [2.05, 4.69) is 183 Å². The molecule has 0 amide bonds. The largest absolute Gasteiger partial charge is 0.493 e. The molecule has 1 unspecified atom stereocenters. The predicted molar refractivity (Wildman–Crippen MR) is 304 cm³/mol. The van der Waals surface area contributed by atoms with Gasteiger partial charge in [-0.25, -0.2) is 0 Å². The minimum atomic E-state index is 0.233. The second-order valence-corrected chi connectivity index (χ2v) is 18.5. The van der Waals surface area contributed by atoms with Gasteiger partial charge in [-0.05, 0) is 140 Å². The second-order valence-electron chi connectivity index (χ2n) is 18.5. The molecule has 0 saturated carbocycles. The van der Waals surface area contributed by atoms with Crippen LogP contribution in [0.5, 0.6) is 17.2 Å². The maximum absolute atomic E-state index is 6.64. The van der Waals surface area contributed by atoms with Crippen LogP contribution in [0.2, 0.25) is 0 Å². The number of unbranched alkanes of at least 4 members (excludes halogenated alkanes) is 3. The maximum Gasteiger partial charge on any atom is 0.214 e. The van der Waals surface area contributed by atoms with Crippen LogP contribution in [0.25, 0.3) is 22.3 Å². The van der Waals surface area contributed by atoms with Gasteiger partial charge in [-0.2, -0.15) is 4.58 Å². The number of rotatable bonds is 28. The van der Waals surface area contributed by atoms with Gasteiger partial charge in [-0.1, -0.05) is 131 Å². The standard InChI is InChI=1S/C66H73N2O4/c1-6-10-12-19-48-70-64-30-20-28-60(50-64)67(57-36-32-55(33-37-57)53-24-15-13-16-25-53)46-44-62(23-8-3)72-63-42-40-59(41-43-63)68(58-38-34-56(35-39-58)54-26-17-14-18-27-54)61-29-21-31-65(51-61)71-49-22-47-69-52-66(5,9-4)45-11-7-2/h6,8,13-18,20-21,23-44,46,50-51H,1,7,9-12,19,22,45,47-49,52H2,2-5H3/q+1/b23-8-,62-44+,67-46?. The van der Waals surface area contributed by atoms with E-state index in [4.69, 9.17) is 18.9 Å². The fourth-order valence-corrected chi connectivity index (χ4v) is 8.52. The molecule has 0 bridgehead atoms. The minimum Gasteiger partial charge on any atom is -0.493 e. The molecule has 6 heteroatoms. The average molecular weight is 958 g/mol. The Bertz CT molecular complexity index is 2800.